The molecule has 0 unspecified atom stereocenters. The topological polar surface area (TPSA) is 42.0 Å². The van der Waals surface area contributed by atoms with Crippen LogP contribution in [0.15, 0.2) is 12.1 Å². The smallest absolute Gasteiger partial charge is 0.254 e. The molecule has 1 saturated heterocycles. The first-order chi connectivity index (χ1) is 12.1. The highest BCUT2D eigenvalue weighted by atomic mass is 16.5. The van der Waals surface area contributed by atoms with Crippen LogP contribution in [0.3, 0.4) is 0 Å². The largest absolute Gasteiger partial charge is 0.496 e. The van der Waals surface area contributed by atoms with Crippen LogP contribution in [-0.2, 0) is 0 Å². The molecule has 1 heterocycles. The van der Waals surface area contributed by atoms with E-state index in [9.17, 15) is 4.79 Å². The average Bonchev–Trinajstić information content (AvgIpc) is 3.47. The van der Waals surface area contributed by atoms with Gasteiger partial charge < -0.3 is 19.3 Å². The molecule has 25 heavy (non-hydrogen) atoms. The van der Waals surface area contributed by atoms with Gasteiger partial charge in [-0.2, -0.15) is 0 Å². The third-order valence-electron chi connectivity index (χ3n) is 5.57. The number of piperidine rings is 1. The van der Waals surface area contributed by atoms with E-state index in [1.54, 1.807) is 14.2 Å². The first kappa shape index (κ1) is 18.1. The van der Waals surface area contributed by atoms with Gasteiger partial charge in [0, 0.05) is 36.3 Å². The van der Waals surface area contributed by atoms with Crippen molar-refractivity contribution >= 4 is 5.91 Å². The van der Waals surface area contributed by atoms with Gasteiger partial charge in [-0.3, -0.25) is 4.79 Å². The lowest BCUT2D eigenvalue weighted by atomic mass is 10.0. The second kappa shape index (κ2) is 7.65. The lowest BCUT2D eigenvalue weighted by Gasteiger charge is -2.38. The fourth-order valence-electron chi connectivity index (χ4n) is 3.85. The van der Waals surface area contributed by atoms with E-state index in [4.69, 9.17) is 9.47 Å². The quantitative estimate of drug-likeness (QED) is 0.794. The molecular formula is C20H30N2O3. The Morgan fingerprint density at radius 2 is 1.60 bits per heavy atom. The number of rotatable bonds is 6. The van der Waals surface area contributed by atoms with E-state index in [-0.39, 0.29) is 5.91 Å². The lowest BCUT2D eigenvalue weighted by Crippen LogP contribution is -2.48. The van der Waals surface area contributed by atoms with E-state index in [1.807, 2.05) is 19.1 Å². The number of hydrogen-bond acceptors (Lipinski definition) is 4. The Morgan fingerprint density at radius 1 is 1.08 bits per heavy atom. The Labute approximate surface area is 150 Å². The molecule has 0 spiro atoms. The maximum Gasteiger partial charge on any atom is 0.254 e. The Kier molecular flexibility index (Phi) is 5.52. The predicted octanol–water partition coefficient (Wildman–Crippen LogP) is 3.10. The Hall–Kier alpha value is -1.75. The molecule has 1 aromatic rings. The van der Waals surface area contributed by atoms with E-state index in [2.05, 4.69) is 16.7 Å². The molecule has 2 fully saturated rings. The zero-order valence-corrected chi connectivity index (χ0v) is 15.9. The SMILES string of the molecule is CCN1CCC(N(C(=O)c2cc(OC)c(C)c(OC)c2)C2CC2)CC1. The van der Waals surface area contributed by atoms with E-state index in [1.165, 1.54) is 0 Å². The highest BCUT2D eigenvalue weighted by Crippen LogP contribution is 2.35. The molecule has 1 aliphatic heterocycles. The number of likely N-dealkylation sites (tertiary alicyclic amines) is 1. The minimum Gasteiger partial charge on any atom is -0.496 e. The second-order valence-corrected chi connectivity index (χ2v) is 7.11. The summed E-state index contributed by atoms with van der Waals surface area (Å²) < 4.78 is 10.9. The van der Waals surface area contributed by atoms with Crippen LogP contribution in [0.25, 0.3) is 0 Å². The number of carbonyl (C=O) groups excluding carboxylic acids is 1. The van der Waals surface area contributed by atoms with Crippen LogP contribution in [0, 0.1) is 6.92 Å². The molecule has 1 saturated carbocycles. The van der Waals surface area contributed by atoms with Gasteiger partial charge in [-0.25, -0.2) is 0 Å². The summed E-state index contributed by atoms with van der Waals surface area (Å²) in [5.74, 6) is 1.53. The van der Waals surface area contributed by atoms with Gasteiger partial charge in [0.25, 0.3) is 5.91 Å². The van der Waals surface area contributed by atoms with Crippen LogP contribution in [0.1, 0.15) is 48.5 Å². The minimum atomic E-state index is 0.119. The normalized spacial score (nSPS) is 18.9. The summed E-state index contributed by atoms with van der Waals surface area (Å²) in [6.45, 7) is 7.41. The number of amides is 1. The molecule has 0 bridgehead atoms. The third-order valence-corrected chi connectivity index (χ3v) is 5.57. The molecule has 2 aliphatic rings. The number of ether oxygens (including phenoxy) is 2. The summed E-state index contributed by atoms with van der Waals surface area (Å²) in [6.07, 6.45) is 4.38. The van der Waals surface area contributed by atoms with Gasteiger partial charge >= 0.3 is 0 Å². The number of benzene rings is 1. The van der Waals surface area contributed by atoms with Crippen molar-refractivity contribution in [1.29, 1.82) is 0 Å². The van der Waals surface area contributed by atoms with Crippen LogP contribution in [-0.4, -0.2) is 61.6 Å². The van der Waals surface area contributed by atoms with Gasteiger partial charge in [0.15, 0.2) is 0 Å². The molecule has 0 atom stereocenters. The average molecular weight is 346 g/mol. The Balaban J connectivity index is 1.84. The van der Waals surface area contributed by atoms with Crippen LogP contribution in [0.5, 0.6) is 11.5 Å². The van der Waals surface area contributed by atoms with Crippen molar-refractivity contribution in [3.63, 3.8) is 0 Å². The maximum absolute atomic E-state index is 13.3. The minimum absolute atomic E-state index is 0.119. The van der Waals surface area contributed by atoms with E-state index >= 15 is 0 Å². The van der Waals surface area contributed by atoms with E-state index < -0.39 is 0 Å². The van der Waals surface area contributed by atoms with Gasteiger partial charge in [-0.05, 0) is 51.3 Å². The standard InChI is InChI=1S/C20H30N2O3/c1-5-21-10-8-17(9-11-21)22(16-6-7-16)20(23)15-12-18(24-3)14(2)19(13-15)25-4/h12-13,16-17H,5-11H2,1-4H3. The zero-order valence-electron chi connectivity index (χ0n) is 15.9. The van der Waals surface area contributed by atoms with Crippen molar-refractivity contribution in [2.45, 2.75) is 51.6 Å². The third kappa shape index (κ3) is 3.76. The number of nitrogens with zero attached hydrogens (tertiary/aromatic N) is 2. The van der Waals surface area contributed by atoms with Crippen molar-refractivity contribution in [1.82, 2.24) is 9.80 Å². The number of methoxy groups -OCH3 is 2. The van der Waals surface area contributed by atoms with Crippen molar-refractivity contribution < 1.29 is 14.3 Å². The Bertz CT molecular complexity index is 594. The first-order valence-electron chi connectivity index (χ1n) is 9.36. The van der Waals surface area contributed by atoms with Crippen LogP contribution >= 0.6 is 0 Å². The van der Waals surface area contributed by atoms with Crippen molar-refractivity contribution in [2.24, 2.45) is 0 Å². The predicted molar refractivity (Wildman–Crippen MR) is 98.6 cm³/mol. The molecule has 0 radical (unpaired) electrons. The highest BCUT2D eigenvalue weighted by Gasteiger charge is 2.39. The van der Waals surface area contributed by atoms with Crippen molar-refractivity contribution in [3.8, 4) is 11.5 Å². The summed E-state index contributed by atoms with van der Waals surface area (Å²) in [5, 5.41) is 0. The zero-order chi connectivity index (χ0) is 18.0. The van der Waals surface area contributed by atoms with Gasteiger partial charge in [0.1, 0.15) is 11.5 Å². The molecule has 0 N–H and O–H groups in total. The van der Waals surface area contributed by atoms with Crippen LogP contribution < -0.4 is 9.47 Å². The maximum atomic E-state index is 13.3. The summed E-state index contributed by atoms with van der Waals surface area (Å²) in [7, 11) is 3.27. The molecule has 0 aromatic heterocycles. The fraction of sp³-hybridized carbons (Fsp3) is 0.650. The molecule has 1 aliphatic carbocycles. The molecule has 1 amide bonds. The number of hydrogen-bond donors (Lipinski definition) is 0. The van der Waals surface area contributed by atoms with Gasteiger partial charge in [0.2, 0.25) is 0 Å². The number of carbonyl (C=O) groups is 1. The molecule has 5 nitrogen and oxygen atoms in total. The van der Waals surface area contributed by atoms with Crippen LogP contribution in [0.2, 0.25) is 0 Å². The molecule has 5 heteroatoms. The molecule has 1 aromatic carbocycles. The monoisotopic (exact) mass is 346 g/mol. The first-order valence-corrected chi connectivity index (χ1v) is 9.36. The lowest BCUT2D eigenvalue weighted by molar-refractivity contribution is 0.0553. The summed E-state index contributed by atoms with van der Waals surface area (Å²) in [6, 6.07) is 4.47. The molecular weight excluding hydrogens is 316 g/mol. The van der Waals surface area contributed by atoms with Crippen LogP contribution in [0.4, 0.5) is 0 Å². The van der Waals surface area contributed by atoms with E-state index in [0.29, 0.717) is 29.1 Å². The molecule has 3 rings (SSSR count). The van der Waals surface area contributed by atoms with Crippen molar-refractivity contribution in [3.05, 3.63) is 23.3 Å². The van der Waals surface area contributed by atoms with Crippen molar-refractivity contribution in [2.75, 3.05) is 33.9 Å². The van der Waals surface area contributed by atoms with Gasteiger partial charge in [0.05, 0.1) is 14.2 Å². The Morgan fingerprint density at radius 3 is 2.04 bits per heavy atom. The van der Waals surface area contributed by atoms with Gasteiger partial charge in [-0.15, -0.1) is 0 Å². The second-order valence-electron chi connectivity index (χ2n) is 7.11. The summed E-state index contributed by atoms with van der Waals surface area (Å²) in [4.78, 5) is 17.9. The molecule has 138 valence electrons. The fourth-order valence-corrected chi connectivity index (χ4v) is 3.85. The summed E-state index contributed by atoms with van der Waals surface area (Å²) >= 11 is 0. The van der Waals surface area contributed by atoms with E-state index in [0.717, 1.165) is 50.9 Å². The summed E-state index contributed by atoms with van der Waals surface area (Å²) in [5.41, 5.74) is 1.60. The highest BCUT2D eigenvalue weighted by molar-refractivity contribution is 5.96. The van der Waals surface area contributed by atoms with Gasteiger partial charge in [-0.1, -0.05) is 6.92 Å².